The lowest BCUT2D eigenvalue weighted by molar-refractivity contribution is -0.115. The highest BCUT2D eigenvalue weighted by atomic mass is 32.2. The number of hydrogen-bond donors (Lipinski definition) is 2. The Hall–Kier alpha value is -2.74. The number of fused-ring (bicyclic) bond motifs is 1. The van der Waals surface area contributed by atoms with E-state index in [1.54, 1.807) is 18.2 Å². The van der Waals surface area contributed by atoms with Gasteiger partial charge in [-0.15, -0.1) is 4.40 Å². The number of amidine groups is 1. The lowest BCUT2D eigenvalue weighted by Gasteiger charge is -2.17. The average Bonchev–Trinajstić information content (AvgIpc) is 2.49. The number of benzene rings is 2. The van der Waals surface area contributed by atoms with Crippen molar-refractivity contribution in [3.63, 3.8) is 0 Å². The fourth-order valence-corrected chi connectivity index (χ4v) is 3.28. The van der Waals surface area contributed by atoms with Gasteiger partial charge in [-0.05, 0) is 36.4 Å². The van der Waals surface area contributed by atoms with Crippen molar-refractivity contribution in [1.29, 1.82) is 0 Å². The molecule has 6 nitrogen and oxygen atoms in total. The van der Waals surface area contributed by atoms with Gasteiger partial charge in [0.15, 0.2) is 0 Å². The van der Waals surface area contributed by atoms with Crippen LogP contribution in [0.25, 0.3) is 0 Å². The van der Waals surface area contributed by atoms with E-state index in [2.05, 4.69) is 15.0 Å². The number of carbonyl (C=O) groups is 1. The maximum Gasteiger partial charge on any atom is 0.286 e. The lowest BCUT2D eigenvalue weighted by atomic mass is 10.2. The van der Waals surface area contributed by atoms with Gasteiger partial charge in [0.25, 0.3) is 10.0 Å². The Morgan fingerprint density at radius 2 is 1.83 bits per heavy atom. The number of carbonyl (C=O) groups excluding carboxylic acids is 1. The molecule has 8 heteroatoms. The van der Waals surface area contributed by atoms with Crippen LogP contribution in [0.15, 0.2) is 57.8 Å². The van der Waals surface area contributed by atoms with Crippen molar-refractivity contribution in [3.8, 4) is 0 Å². The van der Waals surface area contributed by atoms with Gasteiger partial charge in [-0.2, -0.15) is 8.42 Å². The van der Waals surface area contributed by atoms with Gasteiger partial charge in [0, 0.05) is 5.69 Å². The highest BCUT2D eigenvalue weighted by Crippen LogP contribution is 2.27. The number of sulfonamides is 1. The summed E-state index contributed by atoms with van der Waals surface area (Å²) in [5.74, 6) is -0.843. The molecule has 1 aliphatic heterocycles. The highest BCUT2D eigenvalue weighted by molar-refractivity contribution is 7.90. The van der Waals surface area contributed by atoms with E-state index < -0.39 is 21.7 Å². The van der Waals surface area contributed by atoms with Crippen LogP contribution in [-0.2, 0) is 14.8 Å². The fraction of sp³-hybridized carbons (Fsp3) is 0.0667. The molecule has 2 aromatic rings. The Morgan fingerprint density at radius 3 is 2.57 bits per heavy atom. The summed E-state index contributed by atoms with van der Waals surface area (Å²) in [5, 5.41) is 5.37. The van der Waals surface area contributed by atoms with E-state index in [1.165, 1.54) is 30.3 Å². The quantitative estimate of drug-likeness (QED) is 0.903. The monoisotopic (exact) mass is 333 g/mol. The fourth-order valence-electron chi connectivity index (χ4n) is 2.13. The number of nitrogens with one attached hydrogen (secondary N) is 2. The van der Waals surface area contributed by atoms with E-state index in [4.69, 9.17) is 0 Å². The molecule has 0 aromatic heterocycles. The van der Waals surface area contributed by atoms with Gasteiger partial charge >= 0.3 is 0 Å². The molecule has 0 saturated heterocycles. The molecular formula is C15H12FN3O3S. The number of amides is 1. The van der Waals surface area contributed by atoms with Crippen LogP contribution in [0.2, 0.25) is 0 Å². The number of hydrogen-bond acceptors (Lipinski definition) is 4. The van der Waals surface area contributed by atoms with Gasteiger partial charge in [0.1, 0.15) is 16.5 Å². The molecule has 1 heterocycles. The Kier molecular flexibility index (Phi) is 3.83. The van der Waals surface area contributed by atoms with Gasteiger partial charge in [-0.25, -0.2) is 4.39 Å². The lowest BCUT2D eigenvalue weighted by Crippen LogP contribution is -2.26. The van der Waals surface area contributed by atoms with Crippen LogP contribution in [0.5, 0.6) is 0 Å². The normalized spacial score (nSPS) is 15.1. The summed E-state index contributed by atoms with van der Waals surface area (Å²) >= 11 is 0. The van der Waals surface area contributed by atoms with Crippen molar-refractivity contribution in [1.82, 2.24) is 0 Å². The zero-order valence-corrected chi connectivity index (χ0v) is 12.6. The first-order valence-corrected chi connectivity index (χ1v) is 8.13. The molecule has 0 radical (unpaired) electrons. The molecular weight excluding hydrogens is 321 g/mol. The molecule has 0 spiro atoms. The second-order valence-electron chi connectivity index (χ2n) is 4.87. The van der Waals surface area contributed by atoms with Gasteiger partial charge in [-0.1, -0.05) is 12.1 Å². The predicted molar refractivity (Wildman–Crippen MR) is 84.3 cm³/mol. The van der Waals surface area contributed by atoms with Crippen molar-refractivity contribution in [2.24, 2.45) is 4.40 Å². The molecule has 0 atom stereocenters. The molecule has 1 aliphatic rings. The number of para-hydroxylation sites is 1. The molecule has 0 saturated carbocycles. The van der Waals surface area contributed by atoms with Crippen molar-refractivity contribution < 1.29 is 17.6 Å². The third-order valence-electron chi connectivity index (χ3n) is 3.13. The minimum absolute atomic E-state index is 0.0308. The van der Waals surface area contributed by atoms with Crippen LogP contribution in [0.4, 0.5) is 15.8 Å². The first-order valence-electron chi connectivity index (χ1n) is 6.69. The molecule has 0 bridgehead atoms. The summed E-state index contributed by atoms with van der Waals surface area (Å²) in [6, 6.07) is 11.6. The third-order valence-corrected chi connectivity index (χ3v) is 4.50. The minimum Gasteiger partial charge on any atom is -0.341 e. The number of nitrogens with zero attached hydrogens (tertiary/aromatic N) is 1. The van der Waals surface area contributed by atoms with Crippen LogP contribution in [-0.4, -0.2) is 20.2 Å². The average molecular weight is 333 g/mol. The van der Waals surface area contributed by atoms with E-state index in [9.17, 15) is 17.6 Å². The maximum absolute atomic E-state index is 12.8. The van der Waals surface area contributed by atoms with Gasteiger partial charge in [-0.3, -0.25) is 4.79 Å². The first-order chi connectivity index (χ1) is 10.9. The molecule has 0 unspecified atom stereocenters. The van der Waals surface area contributed by atoms with E-state index >= 15 is 0 Å². The van der Waals surface area contributed by atoms with Crippen LogP contribution in [0.3, 0.4) is 0 Å². The van der Waals surface area contributed by atoms with Crippen LogP contribution < -0.4 is 10.6 Å². The summed E-state index contributed by atoms with van der Waals surface area (Å²) in [5.41, 5.74) is 0.795. The summed E-state index contributed by atoms with van der Waals surface area (Å²) in [7, 11) is -3.82. The van der Waals surface area contributed by atoms with Crippen LogP contribution in [0.1, 0.15) is 6.42 Å². The SMILES string of the molecule is O=C(CC1=NS(=O)(=O)c2ccccc2N1)Nc1ccc(F)cc1. The number of anilines is 2. The van der Waals surface area contributed by atoms with Crippen molar-refractivity contribution in [3.05, 3.63) is 54.3 Å². The van der Waals surface area contributed by atoms with Gasteiger partial charge in [0.05, 0.1) is 12.1 Å². The molecule has 3 rings (SSSR count). The Labute approximate surface area is 132 Å². The second kappa shape index (κ2) is 5.81. The largest absolute Gasteiger partial charge is 0.341 e. The zero-order valence-electron chi connectivity index (χ0n) is 11.8. The minimum atomic E-state index is -3.82. The maximum atomic E-state index is 12.8. The Balaban J connectivity index is 1.75. The summed E-state index contributed by atoms with van der Waals surface area (Å²) in [6.45, 7) is 0. The third kappa shape index (κ3) is 3.37. The van der Waals surface area contributed by atoms with Crippen LogP contribution in [0, 0.1) is 5.82 Å². The molecule has 2 aromatic carbocycles. The molecule has 2 N–H and O–H groups in total. The summed E-state index contributed by atoms with van der Waals surface area (Å²) in [4.78, 5) is 12.0. The number of halogens is 1. The van der Waals surface area contributed by atoms with Crippen molar-refractivity contribution >= 4 is 33.1 Å². The van der Waals surface area contributed by atoms with E-state index in [0.29, 0.717) is 11.4 Å². The van der Waals surface area contributed by atoms with E-state index in [1.807, 2.05) is 0 Å². The second-order valence-corrected chi connectivity index (χ2v) is 6.44. The predicted octanol–water partition coefficient (Wildman–Crippen LogP) is 2.37. The smallest absolute Gasteiger partial charge is 0.286 e. The summed E-state index contributed by atoms with van der Waals surface area (Å²) < 4.78 is 40.5. The highest BCUT2D eigenvalue weighted by Gasteiger charge is 2.25. The van der Waals surface area contributed by atoms with E-state index in [0.717, 1.165) is 0 Å². The first kappa shape index (κ1) is 15.2. The van der Waals surface area contributed by atoms with Gasteiger partial charge in [0.2, 0.25) is 5.91 Å². The molecule has 0 aliphatic carbocycles. The topological polar surface area (TPSA) is 87.6 Å². The molecule has 23 heavy (non-hydrogen) atoms. The molecule has 0 fully saturated rings. The summed E-state index contributed by atoms with van der Waals surface area (Å²) in [6.07, 6.45) is -0.245. The number of rotatable bonds is 3. The van der Waals surface area contributed by atoms with E-state index in [-0.39, 0.29) is 17.2 Å². The van der Waals surface area contributed by atoms with Crippen molar-refractivity contribution in [2.45, 2.75) is 11.3 Å². The van der Waals surface area contributed by atoms with Crippen LogP contribution >= 0.6 is 0 Å². The van der Waals surface area contributed by atoms with Gasteiger partial charge < -0.3 is 10.6 Å². The molecule has 1 amide bonds. The molecule has 118 valence electrons. The standard InChI is InChI=1S/C15H12FN3O3S/c16-10-5-7-11(8-6-10)17-15(20)9-14-18-12-3-1-2-4-13(12)23(21,22)19-14/h1-8H,9H2,(H,17,20)(H,18,19). The van der Waals surface area contributed by atoms with Crippen molar-refractivity contribution in [2.75, 3.05) is 10.6 Å². The Bertz CT molecular complexity index is 892. The Morgan fingerprint density at radius 1 is 1.13 bits per heavy atom. The zero-order chi connectivity index (χ0) is 16.4.